The molecule has 4 nitrogen and oxygen atoms in total. The third-order valence-electron chi connectivity index (χ3n) is 4.73. The third kappa shape index (κ3) is 4.92. The summed E-state index contributed by atoms with van der Waals surface area (Å²) in [5.74, 6) is -0.985. The van der Waals surface area contributed by atoms with Gasteiger partial charge in [-0.15, -0.1) is 0 Å². The summed E-state index contributed by atoms with van der Waals surface area (Å²) < 4.78 is 5.51. The highest BCUT2D eigenvalue weighted by Crippen LogP contribution is 2.31. The zero-order valence-corrected chi connectivity index (χ0v) is 14.8. The number of esters is 1. The van der Waals surface area contributed by atoms with Crippen LogP contribution in [0.5, 0.6) is 0 Å². The lowest BCUT2D eigenvalue weighted by atomic mass is 9.88. The number of hydrogen-bond acceptors (Lipinski definition) is 4. The maximum Gasteiger partial charge on any atom is 0.316 e. The number of carbonyl (C=O) groups is 1. The van der Waals surface area contributed by atoms with Crippen molar-refractivity contribution in [2.45, 2.75) is 45.1 Å². The topological polar surface area (TPSA) is 49.8 Å². The second kappa shape index (κ2) is 9.60. The highest BCUT2D eigenvalue weighted by molar-refractivity contribution is 5.79. The molecule has 2 rings (SSSR count). The van der Waals surface area contributed by atoms with Crippen molar-refractivity contribution in [1.29, 1.82) is 0 Å². The zero-order valence-electron chi connectivity index (χ0n) is 14.8. The molecular formula is C20H29NO3. The molecular weight excluding hydrogens is 302 g/mol. The summed E-state index contributed by atoms with van der Waals surface area (Å²) >= 11 is 0. The van der Waals surface area contributed by atoms with E-state index in [0.29, 0.717) is 6.61 Å². The Morgan fingerprint density at radius 2 is 1.96 bits per heavy atom. The lowest BCUT2D eigenvalue weighted by Gasteiger charge is -2.24. The highest BCUT2D eigenvalue weighted by Gasteiger charge is 2.33. The van der Waals surface area contributed by atoms with Crippen molar-refractivity contribution in [1.82, 2.24) is 4.90 Å². The van der Waals surface area contributed by atoms with Crippen LogP contribution in [0.4, 0.5) is 0 Å². The first-order valence-electron chi connectivity index (χ1n) is 8.98. The summed E-state index contributed by atoms with van der Waals surface area (Å²) in [4.78, 5) is 14.9. The van der Waals surface area contributed by atoms with Gasteiger partial charge in [0.2, 0.25) is 0 Å². The molecule has 24 heavy (non-hydrogen) atoms. The van der Waals surface area contributed by atoms with Crippen LogP contribution in [-0.2, 0) is 9.53 Å². The molecule has 0 radical (unpaired) electrons. The average Bonchev–Trinajstić information content (AvgIpc) is 3.14. The lowest BCUT2D eigenvalue weighted by Crippen LogP contribution is -2.32. The molecule has 0 spiro atoms. The number of aliphatic hydroxyl groups excluding tert-OH is 1. The monoisotopic (exact) mass is 331 g/mol. The normalized spacial score (nSPS) is 16.8. The molecule has 1 N–H and O–H groups in total. The predicted octanol–water partition coefficient (Wildman–Crippen LogP) is 3.13. The van der Waals surface area contributed by atoms with E-state index in [0.717, 1.165) is 50.0 Å². The van der Waals surface area contributed by atoms with Gasteiger partial charge in [0.15, 0.2) is 0 Å². The molecule has 132 valence electrons. The number of hydrogen-bond donors (Lipinski definition) is 1. The molecule has 0 amide bonds. The number of ether oxygens (including phenoxy) is 1. The van der Waals surface area contributed by atoms with Crippen LogP contribution >= 0.6 is 0 Å². The third-order valence-corrected chi connectivity index (χ3v) is 4.73. The molecule has 0 heterocycles. The summed E-state index contributed by atoms with van der Waals surface area (Å²) in [5, 5.41) is 10.8. The Hall–Kier alpha value is -1.65. The molecule has 0 saturated carbocycles. The Bertz CT molecular complexity index is 537. The minimum atomic E-state index is -0.796. The molecule has 1 aliphatic rings. The lowest BCUT2D eigenvalue weighted by molar-refractivity contribution is -0.148. The first kappa shape index (κ1) is 18.7. The van der Waals surface area contributed by atoms with Crippen LogP contribution in [0.2, 0.25) is 0 Å². The molecule has 0 aliphatic heterocycles. The second-order valence-electron chi connectivity index (χ2n) is 6.20. The number of rotatable bonds is 9. The standard InChI is InChI=1S/C20H29NO3/c1-3-21(4-2)14-15-24-20(23)18(16-10-6-5-7-11-16)19(22)17-12-8-9-13-17/h5-7,10-12,18-19,22H,3-4,8-9,13-15H2,1-2H3. The Balaban J connectivity index is 2.06. The van der Waals surface area contributed by atoms with Crippen LogP contribution in [0.1, 0.15) is 44.6 Å². The van der Waals surface area contributed by atoms with Crippen molar-refractivity contribution >= 4 is 5.97 Å². The van der Waals surface area contributed by atoms with E-state index in [2.05, 4.69) is 24.8 Å². The minimum Gasteiger partial charge on any atom is -0.464 e. The largest absolute Gasteiger partial charge is 0.464 e. The van der Waals surface area contributed by atoms with E-state index >= 15 is 0 Å². The molecule has 0 bridgehead atoms. The fourth-order valence-corrected chi connectivity index (χ4v) is 3.19. The van der Waals surface area contributed by atoms with Gasteiger partial charge in [0.25, 0.3) is 0 Å². The predicted molar refractivity (Wildman–Crippen MR) is 95.9 cm³/mol. The maximum atomic E-state index is 12.7. The summed E-state index contributed by atoms with van der Waals surface area (Å²) in [6.45, 7) is 7.13. The van der Waals surface area contributed by atoms with Crippen molar-refractivity contribution in [2.75, 3.05) is 26.2 Å². The van der Waals surface area contributed by atoms with Gasteiger partial charge in [0, 0.05) is 6.54 Å². The fourth-order valence-electron chi connectivity index (χ4n) is 3.19. The Kier molecular flexibility index (Phi) is 7.47. The van der Waals surface area contributed by atoms with Crippen molar-refractivity contribution in [3.05, 3.63) is 47.5 Å². The summed E-state index contributed by atoms with van der Waals surface area (Å²) in [6, 6.07) is 9.46. The summed E-state index contributed by atoms with van der Waals surface area (Å²) in [6.07, 6.45) is 4.15. The highest BCUT2D eigenvalue weighted by atomic mass is 16.5. The molecule has 2 atom stereocenters. The maximum absolute atomic E-state index is 12.7. The van der Waals surface area contributed by atoms with Crippen molar-refractivity contribution in [2.24, 2.45) is 0 Å². The van der Waals surface area contributed by atoms with Crippen molar-refractivity contribution < 1.29 is 14.6 Å². The number of likely N-dealkylation sites (N-methyl/N-ethyl adjacent to an activating group) is 1. The molecule has 0 fully saturated rings. The van der Waals surface area contributed by atoms with Gasteiger partial charge in [-0.1, -0.05) is 50.3 Å². The van der Waals surface area contributed by atoms with Gasteiger partial charge in [-0.2, -0.15) is 0 Å². The number of allylic oxidation sites excluding steroid dienone is 1. The molecule has 4 heteroatoms. The number of nitrogens with zero attached hydrogens (tertiary/aromatic N) is 1. The van der Waals surface area contributed by atoms with Crippen LogP contribution in [0.15, 0.2) is 42.0 Å². The van der Waals surface area contributed by atoms with E-state index < -0.39 is 12.0 Å². The first-order valence-corrected chi connectivity index (χ1v) is 8.98. The Morgan fingerprint density at radius 1 is 1.25 bits per heavy atom. The minimum absolute atomic E-state index is 0.339. The SMILES string of the molecule is CCN(CC)CCOC(=O)C(c1ccccc1)C(O)C1=CCCC1. The quantitative estimate of drug-likeness (QED) is 0.558. The van der Waals surface area contributed by atoms with Crippen molar-refractivity contribution in [3.8, 4) is 0 Å². The van der Waals surface area contributed by atoms with Crippen LogP contribution in [0, 0.1) is 0 Å². The molecule has 0 aromatic heterocycles. The average molecular weight is 331 g/mol. The number of aliphatic hydroxyl groups is 1. The fraction of sp³-hybridized carbons (Fsp3) is 0.550. The van der Waals surface area contributed by atoms with Crippen LogP contribution < -0.4 is 0 Å². The molecule has 1 aromatic rings. The molecule has 2 unspecified atom stereocenters. The van der Waals surface area contributed by atoms with E-state index in [9.17, 15) is 9.90 Å². The van der Waals surface area contributed by atoms with E-state index in [-0.39, 0.29) is 5.97 Å². The van der Waals surface area contributed by atoms with Crippen LogP contribution in [0.3, 0.4) is 0 Å². The van der Waals surface area contributed by atoms with Gasteiger partial charge in [0.1, 0.15) is 12.5 Å². The van der Waals surface area contributed by atoms with Crippen LogP contribution in [-0.4, -0.2) is 48.3 Å². The zero-order chi connectivity index (χ0) is 17.4. The molecule has 1 aromatic carbocycles. The van der Waals surface area contributed by atoms with E-state index in [1.54, 1.807) is 0 Å². The Labute approximate surface area is 145 Å². The van der Waals surface area contributed by atoms with Crippen LogP contribution in [0.25, 0.3) is 0 Å². The van der Waals surface area contributed by atoms with E-state index in [4.69, 9.17) is 4.74 Å². The first-order chi connectivity index (χ1) is 11.7. The molecule has 0 saturated heterocycles. The van der Waals surface area contributed by atoms with Gasteiger partial charge in [0.05, 0.1) is 6.10 Å². The smallest absolute Gasteiger partial charge is 0.316 e. The van der Waals surface area contributed by atoms with Gasteiger partial charge in [-0.25, -0.2) is 0 Å². The van der Waals surface area contributed by atoms with Crippen molar-refractivity contribution in [3.63, 3.8) is 0 Å². The van der Waals surface area contributed by atoms with Gasteiger partial charge < -0.3 is 14.7 Å². The van der Waals surface area contributed by atoms with Gasteiger partial charge >= 0.3 is 5.97 Å². The summed E-state index contributed by atoms with van der Waals surface area (Å²) in [7, 11) is 0. The van der Waals surface area contributed by atoms with Gasteiger partial charge in [-0.3, -0.25) is 4.79 Å². The van der Waals surface area contributed by atoms with E-state index in [1.165, 1.54) is 0 Å². The van der Waals surface area contributed by atoms with E-state index in [1.807, 2.05) is 30.3 Å². The Morgan fingerprint density at radius 3 is 2.54 bits per heavy atom. The number of carbonyl (C=O) groups excluding carboxylic acids is 1. The number of benzene rings is 1. The summed E-state index contributed by atoms with van der Waals surface area (Å²) in [5.41, 5.74) is 1.77. The molecule has 1 aliphatic carbocycles. The van der Waals surface area contributed by atoms with Gasteiger partial charge in [-0.05, 0) is 43.5 Å². The second-order valence-corrected chi connectivity index (χ2v) is 6.20.